The molecule has 140 valence electrons. The van der Waals surface area contributed by atoms with Crippen molar-refractivity contribution in [1.82, 2.24) is 9.97 Å². The molecule has 0 amide bonds. The average Bonchev–Trinajstić information content (AvgIpc) is 2.64. The zero-order valence-corrected chi connectivity index (χ0v) is 14.6. The fraction of sp³-hybridized carbons (Fsp3) is 0.222. The fourth-order valence-electron chi connectivity index (χ4n) is 2.38. The van der Waals surface area contributed by atoms with E-state index in [-0.39, 0.29) is 17.2 Å². The Morgan fingerprint density at radius 1 is 1.19 bits per heavy atom. The molecule has 2 heterocycles. The Bertz CT molecular complexity index is 996. The van der Waals surface area contributed by atoms with Gasteiger partial charge in [0.2, 0.25) is 5.88 Å². The van der Waals surface area contributed by atoms with Crippen LogP contribution in [0.2, 0.25) is 0 Å². The highest BCUT2D eigenvalue weighted by molar-refractivity contribution is 5.82. The molecule has 0 radical (unpaired) electrons. The van der Waals surface area contributed by atoms with Crippen LogP contribution in [0.25, 0.3) is 11.0 Å². The van der Waals surface area contributed by atoms with Gasteiger partial charge < -0.3 is 14.2 Å². The maximum atomic E-state index is 14.1. The highest BCUT2D eigenvalue weighted by atomic mass is 19.1. The molecule has 0 aliphatic rings. The lowest BCUT2D eigenvalue weighted by Gasteiger charge is -2.12. The van der Waals surface area contributed by atoms with Gasteiger partial charge in [-0.05, 0) is 19.1 Å². The van der Waals surface area contributed by atoms with E-state index in [0.717, 1.165) is 11.6 Å². The summed E-state index contributed by atoms with van der Waals surface area (Å²) in [5, 5.41) is 10.7. The first-order valence-corrected chi connectivity index (χ1v) is 7.99. The van der Waals surface area contributed by atoms with Crippen LogP contribution in [-0.4, -0.2) is 35.2 Å². The molecular weight excluding hydrogens is 357 g/mol. The van der Waals surface area contributed by atoms with Crippen LogP contribution in [-0.2, 0) is 4.74 Å². The molecule has 0 atom stereocenters. The van der Waals surface area contributed by atoms with Gasteiger partial charge in [0.15, 0.2) is 17.3 Å². The third kappa shape index (κ3) is 4.09. The number of nitrogens with zero attached hydrogens (tertiary/aromatic N) is 3. The third-order valence-electron chi connectivity index (χ3n) is 3.69. The smallest absolute Gasteiger partial charge is 0.272 e. The molecule has 0 saturated heterocycles. The van der Waals surface area contributed by atoms with Crippen molar-refractivity contribution in [2.75, 3.05) is 20.3 Å². The Hall–Kier alpha value is -3.33. The van der Waals surface area contributed by atoms with E-state index in [9.17, 15) is 14.5 Å². The first-order chi connectivity index (χ1) is 13.0. The van der Waals surface area contributed by atoms with E-state index < -0.39 is 10.7 Å². The van der Waals surface area contributed by atoms with Crippen molar-refractivity contribution >= 4 is 16.7 Å². The molecule has 0 fully saturated rings. The van der Waals surface area contributed by atoms with Gasteiger partial charge in [-0.1, -0.05) is 0 Å². The van der Waals surface area contributed by atoms with Gasteiger partial charge in [0, 0.05) is 31.0 Å². The van der Waals surface area contributed by atoms with E-state index >= 15 is 0 Å². The minimum Gasteiger partial charge on any atom is -0.475 e. The summed E-state index contributed by atoms with van der Waals surface area (Å²) in [5.74, 6) is -0.360. The number of non-ortho nitro benzene ring substituents is 1. The number of methoxy groups -OCH3 is 1. The lowest BCUT2D eigenvalue weighted by molar-refractivity contribution is -0.385. The second-order valence-electron chi connectivity index (χ2n) is 5.60. The first kappa shape index (κ1) is 18.5. The molecule has 0 spiro atoms. The molecule has 2 aromatic heterocycles. The van der Waals surface area contributed by atoms with Gasteiger partial charge in [-0.25, -0.2) is 9.37 Å². The summed E-state index contributed by atoms with van der Waals surface area (Å²) in [6, 6.07) is 6.48. The molecule has 27 heavy (non-hydrogen) atoms. The van der Waals surface area contributed by atoms with Crippen LogP contribution in [0.5, 0.6) is 17.4 Å². The van der Waals surface area contributed by atoms with Crippen molar-refractivity contribution in [1.29, 1.82) is 0 Å². The minimum atomic E-state index is -0.849. The summed E-state index contributed by atoms with van der Waals surface area (Å²) in [6.07, 6.45) is 1.51. The highest BCUT2D eigenvalue weighted by Crippen LogP contribution is 2.32. The Morgan fingerprint density at radius 3 is 2.70 bits per heavy atom. The van der Waals surface area contributed by atoms with E-state index in [4.69, 9.17) is 14.2 Å². The predicted molar refractivity (Wildman–Crippen MR) is 94.8 cm³/mol. The van der Waals surface area contributed by atoms with E-state index in [1.54, 1.807) is 13.2 Å². The quantitative estimate of drug-likeness (QED) is 0.353. The SMILES string of the molecule is COCCOc1nc2c(Oc3ccc([N+](=O)[O-])cc3F)ccnc2cc1C. The zero-order valence-electron chi connectivity index (χ0n) is 14.6. The van der Waals surface area contributed by atoms with Crippen LogP contribution < -0.4 is 9.47 Å². The standard InChI is InChI=1S/C18H16FN3O5/c1-11-9-14-17(21-18(11)26-8-7-25-2)16(5-6-20-14)27-15-4-3-12(22(23)24)10-13(15)19/h3-6,9-10H,7-8H2,1-2H3. The lowest BCUT2D eigenvalue weighted by atomic mass is 10.2. The number of aryl methyl sites for hydroxylation is 1. The highest BCUT2D eigenvalue weighted by Gasteiger charge is 2.15. The second-order valence-corrected chi connectivity index (χ2v) is 5.60. The molecule has 0 aliphatic heterocycles. The number of ether oxygens (including phenoxy) is 3. The maximum Gasteiger partial charge on any atom is 0.272 e. The van der Waals surface area contributed by atoms with E-state index in [1.807, 2.05) is 6.92 Å². The number of hydrogen-bond donors (Lipinski definition) is 0. The van der Waals surface area contributed by atoms with E-state index in [0.29, 0.717) is 30.1 Å². The average molecular weight is 373 g/mol. The number of hydrogen-bond acceptors (Lipinski definition) is 7. The van der Waals surface area contributed by atoms with Crippen molar-refractivity contribution in [2.45, 2.75) is 6.92 Å². The number of fused-ring (bicyclic) bond motifs is 1. The molecular formula is C18H16FN3O5. The summed E-state index contributed by atoms with van der Waals surface area (Å²) >= 11 is 0. The minimum absolute atomic E-state index is 0.155. The molecule has 0 unspecified atom stereocenters. The topological polar surface area (TPSA) is 96.6 Å². The van der Waals surface area contributed by atoms with Crippen LogP contribution in [0, 0.1) is 22.9 Å². The van der Waals surface area contributed by atoms with Crippen LogP contribution in [0.4, 0.5) is 10.1 Å². The van der Waals surface area contributed by atoms with Crippen molar-refractivity contribution in [3.63, 3.8) is 0 Å². The number of nitro benzene ring substituents is 1. The molecule has 0 saturated carbocycles. The zero-order chi connectivity index (χ0) is 19.4. The van der Waals surface area contributed by atoms with Gasteiger partial charge in [-0.15, -0.1) is 0 Å². The van der Waals surface area contributed by atoms with E-state index in [1.165, 1.54) is 24.4 Å². The molecule has 0 N–H and O–H groups in total. The Kier molecular flexibility index (Phi) is 5.41. The number of pyridine rings is 2. The molecule has 1 aromatic carbocycles. The summed E-state index contributed by atoms with van der Waals surface area (Å²) in [7, 11) is 1.57. The largest absolute Gasteiger partial charge is 0.475 e. The fourth-order valence-corrected chi connectivity index (χ4v) is 2.38. The van der Waals surface area contributed by atoms with Crippen molar-refractivity contribution < 1.29 is 23.5 Å². The first-order valence-electron chi connectivity index (χ1n) is 7.99. The summed E-state index contributed by atoms with van der Waals surface area (Å²) in [6.45, 7) is 2.56. The Morgan fingerprint density at radius 2 is 2.00 bits per heavy atom. The summed E-state index contributed by atoms with van der Waals surface area (Å²) < 4.78 is 30.3. The lowest BCUT2D eigenvalue weighted by Crippen LogP contribution is -2.07. The van der Waals surface area contributed by atoms with Crippen LogP contribution in [0.15, 0.2) is 36.5 Å². The molecule has 9 heteroatoms. The van der Waals surface area contributed by atoms with E-state index in [2.05, 4.69) is 9.97 Å². The van der Waals surface area contributed by atoms with Gasteiger partial charge in [0.25, 0.3) is 5.69 Å². The molecule has 0 aliphatic carbocycles. The van der Waals surface area contributed by atoms with Crippen molar-refractivity contribution in [3.05, 3.63) is 58.0 Å². The van der Waals surface area contributed by atoms with Gasteiger partial charge in [-0.3, -0.25) is 15.1 Å². The molecule has 0 bridgehead atoms. The van der Waals surface area contributed by atoms with Crippen molar-refractivity contribution in [3.8, 4) is 17.4 Å². The third-order valence-corrected chi connectivity index (χ3v) is 3.69. The summed E-state index contributed by atoms with van der Waals surface area (Å²) in [4.78, 5) is 18.7. The van der Waals surface area contributed by atoms with Crippen LogP contribution in [0.3, 0.4) is 0 Å². The van der Waals surface area contributed by atoms with Gasteiger partial charge in [-0.2, -0.15) is 0 Å². The van der Waals surface area contributed by atoms with Gasteiger partial charge in [0.05, 0.1) is 23.1 Å². The van der Waals surface area contributed by atoms with Crippen molar-refractivity contribution in [2.24, 2.45) is 0 Å². The number of benzene rings is 1. The number of aromatic nitrogens is 2. The second kappa shape index (κ2) is 7.92. The van der Waals surface area contributed by atoms with Crippen LogP contribution in [0.1, 0.15) is 5.56 Å². The Balaban J connectivity index is 1.96. The normalized spacial score (nSPS) is 10.8. The Labute approximate surface area is 153 Å². The van der Waals surface area contributed by atoms with Gasteiger partial charge >= 0.3 is 0 Å². The molecule has 3 aromatic rings. The van der Waals surface area contributed by atoms with Gasteiger partial charge in [0.1, 0.15) is 12.1 Å². The van der Waals surface area contributed by atoms with Crippen LogP contribution >= 0.6 is 0 Å². The molecule has 3 rings (SSSR count). The monoisotopic (exact) mass is 373 g/mol. The number of nitro groups is 1. The number of halogens is 1. The summed E-state index contributed by atoms with van der Waals surface area (Å²) in [5.41, 5.74) is 1.35. The predicted octanol–water partition coefficient (Wildman–Crippen LogP) is 3.80. The number of rotatable bonds is 7. The maximum absolute atomic E-state index is 14.1. The molecule has 8 nitrogen and oxygen atoms in total.